The topological polar surface area (TPSA) is 41.5 Å². The van der Waals surface area contributed by atoms with E-state index in [-0.39, 0.29) is 5.41 Å². The monoisotopic (exact) mass is 329 g/mol. The zero-order valence-electron chi connectivity index (χ0n) is 11.9. The number of nitrogens with one attached hydrogen (secondary N) is 1. The number of benzene rings is 1. The van der Waals surface area contributed by atoms with Crippen LogP contribution in [0.25, 0.3) is 0 Å². The number of hydrogen-bond donors (Lipinski definition) is 2. The first kappa shape index (κ1) is 16.6. The Bertz CT molecular complexity index is 382. The number of methoxy groups -OCH3 is 1. The molecule has 0 aliphatic carbocycles. The van der Waals surface area contributed by atoms with E-state index < -0.39 is 6.10 Å². The first-order valence-electron chi connectivity index (χ1n) is 6.58. The van der Waals surface area contributed by atoms with Crippen LogP contribution in [0.3, 0.4) is 0 Å². The summed E-state index contributed by atoms with van der Waals surface area (Å²) in [4.78, 5) is 0. The molecule has 3 nitrogen and oxygen atoms in total. The van der Waals surface area contributed by atoms with E-state index in [4.69, 9.17) is 4.74 Å². The van der Waals surface area contributed by atoms with Crippen molar-refractivity contribution < 1.29 is 9.84 Å². The van der Waals surface area contributed by atoms with Crippen LogP contribution in [0.15, 0.2) is 28.7 Å². The summed E-state index contributed by atoms with van der Waals surface area (Å²) in [6, 6.07) is 7.78. The van der Waals surface area contributed by atoms with Gasteiger partial charge in [0.05, 0.1) is 6.10 Å². The predicted molar refractivity (Wildman–Crippen MR) is 82.2 cm³/mol. The van der Waals surface area contributed by atoms with Gasteiger partial charge in [-0.2, -0.15) is 0 Å². The molecule has 1 unspecified atom stereocenters. The first-order valence-corrected chi connectivity index (χ1v) is 7.37. The fraction of sp³-hybridized carbons (Fsp3) is 0.600. The van der Waals surface area contributed by atoms with E-state index >= 15 is 0 Å². The van der Waals surface area contributed by atoms with Crippen LogP contribution < -0.4 is 5.32 Å². The second-order valence-corrected chi connectivity index (χ2v) is 6.52. The summed E-state index contributed by atoms with van der Waals surface area (Å²) in [7, 11) is 1.72. The summed E-state index contributed by atoms with van der Waals surface area (Å²) in [6.07, 6.45) is 0.527. The summed E-state index contributed by atoms with van der Waals surface area (Å²) < 4.78 is 6.10. The second kappa shape index (κ2) is 8.00. The van der Waals surface area contributed by atoms with E-state index in [1.54, 1.807) is 7.11 Å². The third-order valence-electron chi connectivity index (χ3n) is 3.16. The molecule has 108 valence electrons. The standard InChI is InChI=1S/C15H24BrNO2/c1-15(2,7-8-19-3)11-17-10-14(18)12-5-4-6-13(16)9-12/h4-6,9,14,17-18H,7-8,10-11H2,1-3H3. The van der Waals surface area contributed by atoms with Crippen LogP contribution in [-0.4, -0.2) is 31.9 Å². The van der Waals surface area contributed by atoms with Crippen LogP contribution in [0.5, 0.6) is 0 Å². The highest BCUT2D eigenvalue weighted by Gasteiger charge is 2.17. The second-order valence-electron chi connectivity index (χ2n) is 5.61. The Labute approximate surface area is 124 Å². The van der Waals surface area contributed by atoms with Crippen molar-refractivity contribution in [3.05, 3.63) is 34.3 Å². The van der Waals surface area contributed by atoms with Gasteiger partial charge in [-0.3, -0.25) is 0 Å². The lowest BCUT2D eigenvalue weighted by molar-refractivity contribution is 0.140. The number of hydrogen-bond acceptors (Lipinski definition) is 3. The van der Waals surface area contributed by atoms with Crippen molar-refractivity contribution in [3.8, 4) is 0 Å². The minimum absolute atomic E-state index is 0.174. The van der Waals surface area contributed by atoms with Gasteiger partial charge < -0.3 is 15.2 Å². The number of aliphatic hydroxyl groups excluding tert-OH is 1. The molecule has 2 N–H and O–H groups in total. The van der Waals surface area contributed by atoms with Crippen molar-refractivity contribution in [3.63, 3.8) is 0 Å². The summed E-state index contributed by atoms with van der Waals surface area (Å²) in [6.45, 7) is 6.59. The van der Waals surface area contributed by atoms with Gasteiger partial charge in [0.15, 0.2) is 0 Å². The van der Waals surface area contributed by atoms with Crippen molar-refractivity contribution in [2.24, 2.45) is 5.41 Å². The highest BCUT2D eigenvalue weighted by Crippen LogP contribution is 2.20. The Morgan fingerprint density at radius 1 is 1.42 bits per heavy atom. The van der Waals surface area contributed by atoms with Crippen molar-refractivity contribution in [1.82, 2.24) is 5.32 Å². The Morgan fingerprint density at radius 3 is 2.79 bits per heavy atom. The quantitative estimate of drug-likeness (QED) is 0.769. The van der Waals surface area contributed by atoms with Crippen LogP contribution in [0.2, 0.25) is 0 Å². The number of halogens is 1. The zero-order valence-corrected chi connectivity index (χ0v) is 13.5. The number of ether oxygens (including phenoxy) is 1. The van der Waals surface area contributed by atoms with Crippen molar-refractivity contribution >= 4 is 15.9 Å². The molecular formula is C15H24BrNO2. The van der Waals surface area contributed by atoms with Gasteiger partial charge in [0.1, 0.15) is 0 Å². The highest BCUT2D eigenvalue weighted by molar-refractivity contribution is 9.10. The predicted octanol–water partition coefficient (Wildman–Crippen LogP) is 3.13. The van der Waals surface area contributed by atoms with Gasteiger partial charge in [0.2, 0.25) is 0 Å². The minimum atomic E-state index is -0.476. The molecule has 0 spiro atoms. The molecule has 0 aliphatic heterocycles. The molecule has 0 bridgehead atoms. The molecule has 0 radical (unpaired) electrons. The van der Waals surface area contributed by atoms with E-state index in [1.165, 1.54) is 0 Å². The molecule has 4 heteroatoms. The van der Waals surface area contributed by atoms with Crippen molar-refractivity contribution in [1.29, 1.82) is 0 Å². The molecule has 0 saturated carbocycles. The molecule has 1 atom stereocenters. The molecule has 0 aromatic heterocycles. The van der Waals surface area contributed by atoms with Crippen molar-refractivity contribution in [2.75, 3.05) is 26.8 Å². The number of rotatable bonds is 8. The normalized spacial score (nSPS) is 13.5. The molecule has 1 rings (SSSR count). The van der Waals surface area contributed by atoms with E-state index in [0.29, 0.717) is 6.54 Å². The third kappa shape index (κ3) is 6.52. The van der Waals surface area contributed by atoms with Crippen LogP contribution in [0.1, 0.15) is 31.9 Å². The summed E-state index contributed by atoms with van der Waals surface area (Å²) in [5.74, 6) is 0. The van der Waals surface area contributed by atoms with Crippen LogP contribution >= 0.6 is 15.9 Å². The largest absolute Gasteiger partial charge is 0.387 e. The van der Waals surface area contributed by atoms with E-state index in [1.807, 2.05) is 24.3 Å². The molecule has 0 fully saturated rings. The fourth-order valence-electron chi connectivity index (χ4n) is 1.85. The van der Waals surface area contributed by atoms with Gasteiger partial charge >= 0.3 is 0 Å². The molecule has 0 aliphatic rings. The van der Waals surface area contributed by atoms with Gasteiger partial charge in [0.25, 0.3) is 0 Å². The molecule has 1 aromatic rings. The third-order valence-corrected chi connectivity index (χ3v) is 3.65. The SMILES string of the molecule is COCCC(C)(C)CNCC(O)c1cccc(Br)c1. The zero-order chi connectivity index (χ0) is 14.3. The summed E-state index contributed by atoms with van der Waals surface area (Å²) >= 11 is 3.41. The maximum Gasteiger partial charge on any atom is 0.0914 e. The Hall–Kier alpha value is -0.420. The van der Waals surface area contributed by atoms with Gasteiger partial charge in [0, 0.05) is 31.3 Å². The van der Waals surface area contributed by atoms with E-state index in [9.17, 15) is 5.11 Å². The lowest BCUT2D eigenvalue weighted by Gasteiger charge is -2.25. The Morgan fingerprint density at radius 2 is 2.16 bits per heavy atom. The molecule has 1 aromatic carbocycles. The van der Waals surface area contributed by atoms with Crippen molar-refractivity contribution in [2.45, 2.75) is 26.4 Å². The minimum Gasteiger partial charge on any atom is -0.387 e. The number of aliphatic hydroxyl groups is 1. The lowest BCUT2D eigenvalue weighted by Crippen LogP contribution is -2.33. The van der Waals surface area contributed by atoms with E-state index in [0.717, 1.165) is 29.6 Å². The molecule has 0 saturated heterocycles. The molecule has 0 heterocycles. The smallest absolute Gasteiger partial charge is 0.0914 e. The van der Waals surface area contributed by atoms with Crippen LogP contribution in [-0.2, 0) is 4.74 Å². The Balaban J connectivity index is 2.36. The highest BCUT2D eigenvalue weighted by atomic mass is 79.9. The van der Waals surface area contributed by atoms with Crippen LogP contribution in [0.4, 0.5) is 0 Å². The van der Waals surface area contributed by atoms with E-state index in [2.05, 4.69) is 35.1 Å². The van der Waals surface area contributed by atoms with Gasteiger partial charge in [-0.15, -0.1) is 0 Å². The maximum absolute atomic E-state index is 10.1. The average molecular weight is 330 g/mol. The van der Waals surface area contributed by atoms with Gasteiger partial charge in [-0.05, 0) is 29.5 Å². The Kier molecular flexibility index (Phi) is 7.00. The summed E-state index contributed by atoms with van der Waals surface area (Å²) in [5, 5.41) is 13.4. The van der Waals surface area contributed by atoms with Crippen LogP contribution in [0, 0.1) is 5.41 Å². The lowest BCUT2D eigenvalue weighted by atomic mass is 9.89. The first-order chi connectivity index (χ1) is 8.94. The molecule has 19 heavy (non-hydrogen) atoms. The molecular weight excluding hydrogens is 306 g/mol. The molecule has 0 amide bonds. The average Bonchev–Trinajstić information content (AvgIpc) is 2.36. The van der Waals surface area contributed by atoms with Gasteiger partial charge in [-0.25, -0.2) is 0 Å². The summed E-state index contributed by atoms with van der Waals surface area (Å²) in [5.41, 5.74) is 1.10. The maximum atomic E-state index is 10.1. The fourth-order valence-corrected chi connectivity index (χ4v) is 2.26. The van der Waals surface area contributed by atoms with Gasteiger partial charge in [-0.1, -0.05) is 41.9 Å².